The Morgan fingerprint density at radius 1 is 1.11 bits per heavy atom. The van der Waals surface area contributed by atoms with E-state index in [1.165, 1.54) is 12.1 Å². The average molecular weight is 377 g/mol. The molecule has 2 aliphatic rings. The maximum Gasteiger partial charge on any atom is 0.416 e. The van der Waals surface area contributed by atoms with E-state index in [9.17, 15) is 13.2 Å². The second-order valence-corrected chi connectivity index (χ2v) is 7.16. The highest BCUT2D eigenvalue weighted by atomic mass is 19.4. The number of hydrogen-bond acceptors (Lipinski definition) is 4. The highest BCUT2D eigenvalue weighted by Gasteiger charge is 2.43. The Morgan fingerprint density at radius 2 is 1.89 bits per heavy atom. The number of benzene rings is 2. The van der Waals surface area contributed by atoms with Crippen LogP contribution in [0.25, 0.3) is 0 Å². The minimum absolute atomic E-state index is 0.00720. The van der Waals surface area contributed by atoms with Crippen molar-refractivity contribution in [2.45, 2.75) is 37.3 Å². The first-order valence-corrected chi connectivity index (χ1v) is 9.09. The zero-order valence-electron chi connectivity index (χ0n) is 14.7. The normalized spacial score (nSPS) is 27.4. The molecule has 4 atom stereocenters. The van der Waals surface area contributed by atoms with Crippen LogP contribution in [0.3, 0.4) is 0 Å². The molecule has 144 valence electrons. The van der Waals surface area contributed by atoms with Gasteiger partial charge in [-0.25, -0.2) is 0 Å². The van der Waals surface area contributed by atoms with Crippen molar-refractivity contribution in [3.8, 4) is 0 Å². The van der Waals surface area contributed by atoms with Crippen molar-refractivity contribution in [2.24, 2.45) is 11.8 Å². The van der Waals surface area contributed by atoms with Gasteiger partial charge < -0.3 is 10.1 Å². The number of rotatable bonds is 3. The van der Waals surface area contributed by atoms with Crippen LogP contribution in [0.5, 0.6) is 0 Å². The topological polar surface area (TPSA) is 59.3 Å². The van der Waals surface area contributed by atoms with Crippen molar-refractivity contribution >= 4 is 5.69 Å². The number of anilines is 1. The third kappa shape index (κ3) is 3.54. The van der Waals surface area contributed by atoms with Gasteiger partial charge in [-0.1, -0.05) is 30.3 Å². The molecular formula is C20H22F3N3O. The lowest BCUT2D eigenvalue weighted by Crippen LogP contribution is -2.43. The fourth-order valence-corrected chi connectivity index (χ4v) is 4.20. The maximum absolute atomic E-state index is 13.2. The Morgan fingerprint density at radius 3 is 2.59 bits per heavy atom. The lowest BCUT2D eigenvalue weighted by Gasteiger charge is -2.45. The molecule has 0 unspecified atom stereocenters. The van der Waals surface area contributed by atoms with Crippen LogP contribution >= 0.6 is 0 Å². The van der Waals surface area contributed by atoms with Crippen LogP contribution in [0.2, 0.25) is 0 Å². The molecule has 2 aromatic rings. The summed E-state index contributed by atoms with van der Waals surface area (Å²) in [6.45, 7) is 0.473. The third-order valence-electron chi connectivity index (χ3n) is 5.48. The molecule has 2 aliphatic heterocycles. The van der Waals surface area contributed by atoms with E-state index in [-0.39, 0.29) is 18.1 Å². The standard InChI is InChI=1S/C20H22F3N3O/c21-20(22,23)13-6-9-17-16(10-13)19-15(8-7-14(27-19)11-25-24)18(26-17)12-4-2-1-3-5-12/h1-6,9-10,14-15,18-19,25-26H,7-8,11,24H2/t14-,15+,18+,19+/m1/s1. The molecule has 0 spiro atoms. The quantitative estimate of drug-likeness (QED) is 0.555. The van der Waals surface area contributed by atoms with Crippen molar-refractivity contribution in [1.82, 2.24) is 5.43 Å². The summed E-state index contributed by atoms with van der Waals surface area (Å²) in [6.07, 6.45) is -3.24. The number of nitrogens with one attached hydrogen (secondary N) is 2. The van der Waals surface area contributed by atoms with Gasteiger partial charge in [0.1, 0.15) is 0 Å². The van der Waals surface area contributed by atoms with Crippen LogP contribution < -0.4 is 16.6 Å². The number of hydrazine groups is 1. The van der Waals surface area contributed by atoms with Crippen molar-refractivity contribution in [3.05, 3.63) is 65.2 Å². The fourth-order valence-electron chi connectivity index (χ4n) is 4.20. The summed E-state index contributed by atoms with van der Waals surface area (Å²) < 4.78 is 45.9. The van der Waals surface area contributed by atoms with E-state index in [1.807, 2.05) is 30.3 Å². The Bertz CT molecular complexity index is 797. The molecule has 4 nitrogen and oxygen atoms in total. The second-order valence-electron chi connectivity index (χ2n) is 7.16. The van der Waals surface area contributed by atoms with Crippen LogP contribution in [0.4, 0.5) is 18.9 Å². The fraction of sp³-hybridized carbons (Fsp3) is 0.400. The first kappa shape index (κ1) is 18.3. The minimum atomic E-state index is -4.38. The van der Waals surface area contributed by atoms with Gasteiger partial charge in [-0.05, 0) is 36.6 Å². The molecule has 4 N–H and O–H groups in total. The molecular weight excluding hydrogens is 355 g/mol. The van der Waals surface area contributed by atoms with Gasteiger partial charge in [-0.3, -0.25) is 11.3 Å². The zero-order chi connectivity index (χ0) is 19.0. The smallest absolute Gasteiger partial charge is 0.378 e. The van der Waals surface area contributed by atoms with Gasteiger partial charge in [-0.2, -0.15) is 13.2 Å². The average Bonchev–Trinajstić information content (AvgIpc) is 2.67. The van der Waals surface area contributed by atoms with Gasteiger partial charge in [0.15, 0.2) is 0 Å². The van der Waals surface area contributed by atoms with E-state index in [0.29, 0.717) is 17.8 Å². The van der Waals surface area contributed by atoms with Crippen molar-refractivity contribution in [1.29, 1.82) is 0 Å². The van der Waals surface area contributed by atoms with E-state index >= 15 is 0 Å². The monoisotopic (exact) mass is 377 g/mol. The van der Waals surface area contributed by atoms with Crippen molar-refractivity contribution in [2.75, 3.05) is 11.9 Å². The van der Waals surface area contributed by atoms with Crippen LogP contribution in [0.15, 0.2) is 48.5 Å². The molecule has 0 aliphatic carbocycles. The minimum Gasteiger partial charge on any atom is -0.378 e. The van der Waals surface area contributed by atoms with Gasteiger partial charge in [0.25, 0.3) is 0 Å². The Kier molecular flexibility index (Phi) is 4.84. The highest BCUT2D eigenvalue weighted by Crippen LogP contribution is 2.51. The summed E-state index contributed by atoms with van der Waals surface area (Å²) in [5, 5.41) is 3.45. The van der Waals surface area contributed by atoms with E-state index in [1.54, 1.807) is 0 Å². The van der Waals surface area contributed by atoms with Crippen molar-refractivity contribution in [3.63, 3.8) is 0 Å². The largest absolute Gasteiger partial charge is 0.416 e. The molecule has 0 saturated carbocycles. The first-order valence-electron chi connectivity index (χ1n) is 9.09. The Balaban J connectivity index is 1.75. The Labute approximate surface area is 155 Å². The number of nitrogens with two attached hydrogens (primary N) is 1. The lowest BCUT2D eigenvalue weighted by atomic mass is 9.76. The van der Waals surface area contributed by atoms with Gasteiger partial charge in [0.05, 0.1) is 23.8 Å². The molecule has 27 heavy (non-hydrogen) atoms. The Hall–Kier alpha value is -2.09. The maximum atomic E-state index is 13.2. The van der Waals surface area contributed by atoms with Gasteiger partial charge in [0.2, 0.25) is 0 Å². The van der Waals surface area contributed by atoms with Gasteiger partial charge in [0, 0.05) is 23.7 Å². The summed E-state index contributed by atoms with van der Waals surface area (Å²) in [7, 11) is 0. The summed E-state index contributed by atoms with van der Waals surface area (Å²) in [4.78, 5) is 0. The van der Waals surface area contributed by atoms with Crippen LogP contribution in [0, 0.1) is 5.92 Å². The van der Waals surface area contributed by atoms with Crippen LogP contribution in [-0.4, -0.2) is 12.6 Å². The number of alkyl halides is 3. The van der Waals surface area contributed by atoms with E-state index < -0.39 is 17.8 Å². The third-order valence-corrected chi connectivity index (χ3v) is 5.48. The van der Waals surface area contributed by atoms with Gasteiger partial charge in [-0.15, -0.1) is 0 Å². The van der Waals surface area contributed by atoms with E-state index in [2.05, 4.69) is 10.7 Å². The number of hydrogen-bond donors (Lipinski definition) is 3. The molecule has 1 fully saturated rings. The van der Waals surface area contributed by atoms with E-state index in [4.69, 9.17) is 10.6 Å². The number of fused-ring (bicyclic) bond motifs is 3. The highest BCUT2D eigenvalue weighted by molar-refractivity contribution is 5.58. The first-order chi connectivity index (χ1) is 13.0. The second kappa shape index (κ2) is 7.14. The number of ether oxygens (including phenoxy) is 1. The molecule has 1 saturated heterocycles. The van der Waals surface area contributed by atoms with Gasteiger partial charge >= 0.3 is 6.18 Å². The summed E-state index contributed by atoms with van der Waals surface area (Å²) in [6, 6.07) is 13.8. The molecule has 7 heteroatoms. The predicted molar refractivity (Wildman–Crippen MR) is 96.8 cm³/mol. The summed E-state index contributed by atoms with van der Waals surface area (Å²) in [5.74, 6) is 5.48. The zero-order valence-corrected chi connectivity index (χ0v) is 14.7. The molecule has 4 rings (SSSR count). The number of halogens is 3. The van der Waals surface area contributed by atoms with Crippen LogP contribution in [0.1, 0.15) is 41.7 Å². The van der Waals surface area contributed by atoms with Crippen LogP contribution in [-0.2, 0) is 10.9 Å². The lowest BCUT2D eigenvalue weighted by molar-refractivity contribution is -0.138. The molecule has 0 radical (unpaired) electrons. The molecule has 2 heterocycles. The molecule has 0 bridgehead atoms. The summed E-state index contributed by atoms with van der Waals surface area (Å²) >= 11 is 0. The molecule has 0 aromatic heterocycles. The van der Waals surface area contributed by atoms with Crippen molar-refractivity contribution < 1.29 is 17.9 Å². The predicted octanol–water partition coefficient (Wildman–Crippen LogP) is 4.17. The SMILES string of the molecule is NNC[C@H]1CC[C@@H]2[C@H](O1)c1cc(C(F)(F)F)ccc1N[C@H]2c1ccccc1. The van der Waals surface area contributed by atoms with E-state index in [0.717, 1.165) is 24.5 Å². The molecule has 2 aromatic carbocycles. The molecule has 0 amide bonds. The summed E-state index contributed by atoms with van der Waals surface area (Å²) in [5.41, 5.74) is 4.34.